The van der Waals surface area contributed by atoms with E-state index >= 15 is 0 Å². The highest BCUT2D eigenvalue weighted by atomic mass is 16.8. The molecule has 1 aromatic rings. The minimum absolute atomic E-state index is 0.0401. The summed E-state index contributed by atoms with van der Waals surface area (Å²) in [5.41, 5.74) is -1.32. The molecule has 4 atom stereocenters. The number of aliphatic hydroxyl groups excluding tert-OH is 1. The van der Waals surface area contributed by atoms with Crippen LogP contribution in [0, 0.1) is 52.8 Å². The number of allylic oxidation sites excluding steroid dienone is 2. The number of hydrogen-bond donors (Lipinski definition) is 1. The van der Waals surface area contributed by atoms with Gasteiger partial charge >= 0.3 is 24.1 Å². The Morgan fingerprint density at radius 1 is 0.818 bits per heavy atom. The number of benzene rings is 1. The van der Waals surface area contributed by atoms with Crippen LogP contribution in [0.25, 0.3) is 0 Å². The van der Waals surface area contributed by atoms with E-state index in [1.54, 1.807) is 34.6 Å². The van der Waals surface area contributed by atoms with Gasteiger partial charge in [0.2, 0.25) is 6.29 Å². The van der Waals surface area contributed by atoms with Gasteiger partial charge in [0.15, 0.2) is 0 Å². The molecule has 1 aliphatic carbocycles. The van der Waals surface area contributed by atoms with Gasteiger partial charge in [0.25, 0.3) is 0 Å². The smallest absolute Gasteiger partial charge is 0.465 e. The maximum absolute atomic E-state index is 12.5. The molecule has 0 bridgehead atoms. The first-order valence-corrected chi connectivity index (χ1v) is 19.6. The second kappa shape index (κ2) is 23.6. The number of esters is 3. The Labute approximate surface area is 329 Å². The molecule has 0 aliphatic heterocycles. The van der Waals surface area contributed by atoms with E-state index in [1.165, 1.54) is 31.7 Å². The maximum atomic E-state index is 12.5. The zero-order valence-electron chi connectivity index (χ0n) is 33.9. The summed E-state index contributed by atoms with van der Waals surface area (Å²) in [5.74, 6) is 4.69. The first-order valence-electron chi connectivity index (χ1n) is 19.6. The normalized spacial score (nSPS) is 17.0. The van der Waals surface area contributed by atoms with Crippen LogP contribution in [0.5, 0.6) is 0 Å². The summed E-state index contributed by atoms with van der Waals surface area (Å²) in [6.07, 6.45) is 22.3. The van der Waals surface area contributed by atoms with Gasteiger partial charge in [0, 0.05) is 24.2 Å². The van der Waals surface area contributed by atoms with E-state index < -0.39 is 46.6 Å². The van der Waals surface area contributed by atoms with Crippen LogP contribution in [-0.4, -0.2) is 61.4 Å². The Balaban J connectivity index is 1.72. The van der Waals surface area contributed by atoms with Gasteiger partial charge in [-0.05, 0) is 103 Å². The molecule has 304 valence electrons. The van der Waals surface area contributed by atoms with Crippen LogP contribution in [0.2, 0.25) is 0 Å². The molecular formula is C45H64O10. The van der Waals surface area contributed by atoms with E-state index in [2.05, 4.69) is 36.1 Å². The lowest BCUT2D eigenvalue weighted by molar-refractivity contribution is -0.169. The molecule has 0 heterocycles. The summed E-state index contributed by atoms with van der Waals surface area (Å²) >= 11 is 0. The SMILES string of the molecule is C#CC(C)(C)CC(=O)OCC(C)(COC(=O)CC(C)(C)C#C)COC(=O)OC(C)OC(=O)CCC/C=C\C[C@H]1CCC[C@@H]1CC[C@@H](O)CCc1ccccc1. The first-order chi connectivity index (χ1) is 25.9. The Morgan fingerprint density at radius 3 is 2.00 bits per heavy atom. The van der Waals surface area contributed by atoms with Crippen molar-refractivity contribution in [2.45, 2.75) is 137 Å². The van der Waals surface area contributed by atoms with Gasteiger partial charge in [-0.3, -0.25) is 14.4 Å². The summed E-state index contributed by atoms with van der Waals surface area (Å²) in [6, 6.07) is 10.3. The van der Waals surface area contributed by atoms with Crippen LogP contribution in [0.4, 0.5) is 4.79 Å². The van der Waals surface area contributed by atoms with E-state index in [4.69, 9.17) is 36.5 Å². The number of carbonyl (C=O) groups excluding carboxylic acids is 4. The third-order valence-corrected chi connectivity index (χ3v) is 9.87. The van der Waals surface area contributed by atoms with Gasteiger partial charge in [0.05, 0.1) is 24.4 Å². The van der Waals surface area contributed by atoms with E-state index in [-0.39, 0.29) is 45.2 Å². The number of aryl methyl sites for hydroxylation is 1. The van der Waals surface area contributed by atoms with Crippen molar-refractivity contribution < 1.29 is 48.0 Å². The van der Waals surface area contributed by atoms with Crippen LogP contribution in [0.3, 0.4) is 0 Å². The molecule has 55 heavy (non-hydrogen) atoms. The van der Waals surface area contributed by atoms with Gasteiger partial charge in [-0.15, -0.1) is 12.8 Å². The molecule has 0 saturated heterocycles. The molecule has 1 saturated carbocycles. The molecule has 0 amide bonds. The minimum Gasteiger partial charge on any atom is -0.465 e. The molecule has 10 heteroatoms. The molecule has 1 aliphatic rings. The average Bonchev–Trinajstić information content (AvgIpc) is 3.59. The predicted molar refractivity (Wildman–Crippen MR) is 211 cm³/mol. The lowest BCUT2D eigenvalue weighted by Crippen LogP contribution is -2.38. The zero-order chi connectivity index (χ0) is 40.9. The van der Waals surface area contributed by atoms with Crippen LogP contribution in [0.15, 0.2) is 42.5 Å². The third kappa shape index (κ3) is 20.3. The van der Waals surface area contributed by atoms with Crippen molar-refractivity contribution in [1.29, 1.82) is 0 Å². The van der Waals surface area contributed by atoms with Crippen molar-refractivity contribution in [2.75, 3.05) is 19.8 Å². The molecular weight excluding hydrogens is 700 g/mol. The van der Waals surface area contributed by atoms with Crippen LogP contribution in [0.1, 0.15) is 124 Å². The maximum Gasteiger partial charge on any atom is 0.511 e. The molecule has 1 aromatic carbocycles. The number of terminal acetylenes is 2. The number of hydrogen-bond acceptors (Lipinski definition) is 10. The Morgan fingerprint density at radius 2 is 1.40 bits per heavy atom. The zero-order valence-corrected chi connectivity index (χ0v) is 33.9. The second-order valence-corrected chi connectivity index (χ2v) is 16.6. The molecule has 1 unspecified atom stereocenters. The van der Waals surface area contributed by atoms with Gasteiger partial charge in [0.1, 0.15) is 19.8 Å². The molecule has 0 aromatic heterocycles. The number of rotatable bonds is 24. The average molecular weight is 765 g/mol. The van der Waals surface area contributed by atoms with E-state index in [1.807, 2.05) is 18.2 Å². The van der Waals surface area contributed by atoms with Crippen LogP contribution < -0.4 is 0 Å². The summed E-state index contributed by atoms with van der Waals surface area (Å²) in [7, 11) is 0. The summed E-state index contributed by atoms with van der Waals surface area (Å²) in [4.78, 5) is 49.8. The standard InChI is InChI=1S/C45H64O10/c1-9-43(4,5)29-40(48)51-31-45(8,32-52-41(49)30-44(6,7)10-2)33-53-42(50)55-34(3)54-39(47)24-17-12-11-16-21-36-22-18-23-37(36)26-28-38(46)27-25-35-19-14-13-15-20-35/h1-2,11,13-16,19-20,34,36-38,46H,12,17-18,21-33H2,3-8H3/b16-11-/t34?,36-,37+,38-/m0/s1. The lowest BCUT2D eigenvalue weighted by atomic mass is 9.87. The highest BCUT2D eigenvalue weighted by molar-refractivity contribution is 5.71. The van der Waals surface area contributed by atoms with Gasteiger partial charge in [-0.1, -0.05) is 67.2 Å². The van der Waals surface area contributed by atoms with Gasteiger partial charge < -0.3 is 28.8 Å². The fourth-order valence-corrected chi connectivity index (χ4v) is 6.32. The number of aliphatic hydroxyl groups is 1. The van der Waals surface area contributed by atoms with Crippen molar-refractivity contribution in [2.24, 2.45) is 28.1 Å². The predicted octanol–water partition coefficient (Wildman–Crippen LogP) is 8.53. The van der Waals surface area contributed by atoms with Crippen molar-refractivity contribution in [3.63, 3.8) is 0 Å². The molecule has 0 spiro atoms. The quantitative estimate of drug-likeness (QED) is 0.0273. The molecule has 10 nitrogen and oxygen atoms in total. The highest BCUT2D eigenvalue weighted by Crippen LogP contribution is 2.38. The largest absolute Gasteiger partial charge is 0.511 e. The van der Waals surface area contributed by atoms with Gasteiger partial charge in [-0.25, -0.2) is 4.79 Å². The second-order valence-electron chi connectivity index (χ2n) is 16.6. The van der Waals surface area contributed by atoms with Crippen molar-refractivity contribution in [1.82, 2.24) is 0 Å². The van der Waals surface area contributed by atoms with Crippen molar-refractivity contribution in [3.8, 4) is 24.7 Å². The van der Waals surface area contributed by atoms with Crippen molar-refractivity contribution >= 4 is 24.1 Å². The monoisotopic (exact) mass is 764 g/mol. The number of unbranched alkanes of at least 4 members (excludes halogenated alkanes) is 1. The first kappa shape index (κ1) is 46.9. The Hall–Kier alpha value is -4.28. The summed E-state index contributed by atoms with van der Waals surface area (Å²) in [5, 5.41) is 10.5. The van der Waals surface area contributed by atoms with Crippen molar-refractivity contribution in [3.05, 3.63) is 48.0 Å². The van der Waals surface area contributed by atoms with E-state index in [9.17, 15) is 24.3 Å². The number of ether oxygens (including phenoxy) is 5. The molecule has 1 fully saturated rings. The van der Waals surface area contributed by atoms with Crippen LogP contribution in [-0.2, 0) is 44.5 Å². The Kier molecular flexibility index (Phi) is 20.1. The van der Waals surface area contributed by atoms with E-state index in [0.29, 0.717) is 18.3 Å². The van der Waals surface area contributed by atoms with Gasteiger partial charge in [-0.2, -0.15) is 0 Å². The molecule has 0 radical (unpaired) electrons. The fraction of sp³-hybridized carbons (Fsp3) is 0.644. The lowest BCUT2D eigenvalue weighted by Gasteiger charge is -2.29. The summed E-state index contributed by atoms with van der Waals surface area (Å²) < 4.78 is 26.5. The fourth-order valence-electron chi connectivity index (χ4n) is 6.32. The minimum atomic E-state index is -1.20. The number of carbonyl (C=O) groups is 4. The summed E-state index contributed by atoms with van der Waals surface area (Å²) in [6.45, 7) is 9.10. The Bertz CT molecular complexity index is 1420. The highest BCUT2D eigenvalue weighted by Gasteiger charge is 2.33. The van der Waals surface area contributed by atoms with Crippen LogP contribution >= 0.6 is 0 Å². The third-order valence-electron chi connectivity index (χ3n) is 9.87. The molecule has 1 N–H and O–H groups in total. The topological polar surface area (TPSA) is 135 Å². The van der Waals surface area contributed by atoms with E-state index in [0.717, 1.165) is 38.5 Å². The molecule has 2 rings (SSSR count).